The maximum Gasteiger partial charge on any atom is 0.228 e. The number of aromatic nitrogens is 2. The highest BCUT2D eigenvalue weighted by Crippen LogP contribution is 2.22. The number of amides is 1. The maximum absolute atomic E-state index is 11.5. The van der Waals surface area contributed by atoms with Crippen LogP contribution in [0.5, 0.6) is 0 Å². The van der Waals surface area contributed by atoms with E-state index < -0.39 is 0 Å². The molecular weight excluding hydrogens is 182 g/mol. The number of aliphatic hydroxyl groups excluding tert-OH is 1. The van der Waals surface area contributed by atoms with E-state index in [0.717, 1.165) is 0 Å². The second kappa shape index (κ2) is 3.42. The highest BCUT2D eigenvalue weighted by molar-refractivity contribution is 5.94. The topological polar surface area (TPSA) is 58.4 Å². The molecule has 1 aromatic heterocycles. The van der Waals surface area contributed by atoms with Crippen molar-refractivity contribution in [3.8, 4) is 0 Å². The minimum absolute atomic E-state index is 0.0442. The van der Waals surface area contributed by atoms with Crippen molar-refractivity contribution in [1.29, 1.82) is 0 Å². The average molecular weight is 195 g/mol. The van der Waals surface area contributed by atoms with Crippen LogP contribution in [0.4, 0.5) is 5.82 Å². The quantitative estimate of drug-likeness (QED) is 0.709. The Morgan fingerprint density at radius 3 is 3.00 bits per heavy atom. The molecule has 0 aromatic carbocycles. The van der Waals surface area contributed by atoms with Crippen molar-refractivity contribution in [3.05, 3.63) is 12.3 Å². The highest BCUT2D eigenvalue weighted by Gasteiger charge is 2.31. The van der Waals surface area contributed by atoms with Gasteiger partial charge in [-0.1, -0.05) is 0 Å². The third kappa shape index (κ3) is 1.50. The molecule has 0 saturated carbocycles. The molecule has 5 nitrogen and oxygen atoms in total. The summed E-state index contributed by atoms with van der Waals surface area (Å²) in [5.41, 5.74) is 0. The fourth-order valence-electron chi connectivity index (χ4n) is 1.67. The van der Waals surface area contributed by atoms with Gasteiger partial charge < -0.3 is 5.11 Å². The van der Waals surface area contributed by atoms with Gasteiger partial charge in [0.2, 0.25) is 5.91 Å². The predicted octanol–water partition coefficient (Wildman–Crippen LogP) is -0.235. The zero-order chi connectivity index (χ0) is 10.1. The molecule has 76 valence electrons. The number of nitrogens with zero attached hydrogens (tertiary/aromatic N) is 3. The minimum Gasteiger partial charge on any atom is -0.396 e. The van der Waals surface area contributed by atoms with E-state index in [1.165, 1.54) is 0 Å². The average Bonchev–Trinajstić information content (AvgIpc) is 2.71. The molecule has 1 fully saturated rings. The molecule has 14 heavy (non-hydrogen) atoms. The number of carbonyl (C=O) groups excluding carboxylic acids is 1. The van der Waals surface area contributed by atoms with Crippen molar-refractivity contribution < 1.29 is 9.90 Å². The van der Waals surface area contributed by atoms with Gasteiger partial charge >= 0.3 is 0 Å². The van der Waals surface area contributed by atoms with Crippen LogP contribution < -0.4 is 4.90 Å². The summed E-state index contributed by atoms with van der Waals surface area (Å²) in [7, 11) is 1.81. The van der Waals surface area contributed by atoms with Gasteiger partial charge in [0.15, 0.2) is 5.82 Å². The van der Waals surface area contributed by atoms with Crippen LogP contribution in [-0.2, 0) is 11.8 Å². The van der Waals surface area contributed by atoms with Gasteiger partial charge in [0.1, 0.15) is 0 Å². The zero-order valence-electron chi connectivity index (χ0n) is 8.05. The summed E-state index contributed by atoms with van der Waals surface area (Å²) in [6, 6.07) is 1.80. The van der Waals surface area contributed by atoms with Gasteiger partial charge in [0.05, 0.1) is 0 Å². The Morgan fingerprint density at radius 2 is 2.50 bits per heavy atom. The van der Waals surface area contributed by atoms with Crippen LogP contribution in [0.1, 0.15) is 6.42 Å². The number of carbonyl (C=O) groups is 1. The SMILES string of the molecule is Cn1ccc(N2CC(CO)CC2=O)n1. The molecule has 1 unspecified atom stereocenters. The fraction of sp³-hybridized carbons (Fsp3) is 0.556. The highest BCUT2D eigenvalue weighted by atomic mass is 16.3. The van der Waals surface area contributed by atoms with Crippen LogP contribution >= 0.6 is 0 Å². The summed E-state index contributed by atoms with van der Waals surface area (Å²) in [6.07, 6.45) is 2.22. The summed E-state index contributed by atoms with van der Waals surface area (Å²) in [6.45, 7) is 0.640. The lowest BCUT2D eigenvalue weighted by Crippen LogP contribution is -2.25. The lowest BCUT2D eigenvalue weighted by Gasteiger charge is -2.12. The normalized spacial score (nSPS) is 22.0. The smallest absolute Gasteiger partial charge is 0.228 e. The van der Waals surface area contributed by atoms with Gasteiger partial charge in [0.25, 0.3) is 0 Å². The van der Waals surface area contributed by atoms with E-state index in [9.17, 15) is 4.79 Å². The van der Waals surface area contributed by atoms with Crippen LogP contribution in [0.3, 0.4) is 0 Å². The van der Waals surface area contributed by atoms with E-state index in [0.29, 0.717) is 18.8 Å². The van der Waals surface area contributed by atoms with Crippen molar-refractivity contribution >= 4 is 11.7 Å². The van der Waals surface area contributed by atoms with E-state index in [1.807, 2.05) is 7.05 Å². The zero-order valence-corrected chi connectivity index (χ0v) is 8.05. The lowest BCUT2D eigenvalue weighted by molar-refractivity contribution is -0.117. The van der Waals surface area contributed by atoms with Gasteiger partial charge in [-0.2, -0.15) is 5.10 Å². The van der Waals surface area contributed by atoms with E-state index in [2.05, 4.69) is 5.10 Å². The van der Waals surface area contributed by atoms with E-state index in [4.69, 9.17) is 5.11 Å². The molecule has 1 atom stereocenters. The molecule has 2 rings (SSSR count). The molecule has 0 bridgehead atoms. The molecular formula is C9H13N3O2. The number of hydrogen-bond donors (Lipinski definition) is 1. The first kappa shape index (κ1) is 9.21. The molecule has 1 saturated heterocycles. The molecule has 0 spiro atoms. The van der Waals surface area contributed by atoms with Crippen molar-refractivity contribution in [2.75, 3.05) is 18.1 Å². The molecule has 1 aromatic rings. The Bertz CT molecular complexity index is 348. The monoisotopic (exact) mass is 195 g/mol. The minimum atomic E-state index is 0.0442. The Kier molecular flexibility index (Phi) is 2.25. The van der Waals surface area contributed by atoms with Gasteiger partial charge in [-0.3, -0.25) is 14.4 Å². The predicted molar refractivity (Wildman–Crippen MR) is 50.8 cm³/mol. The number of aliphatic hydroxyl groups is 1. The van der Waals surface area contributed by atoms with Crippen LogP contribution in [0.25, 0.3) is 0 Å². The third-order valence-corrected chi connectivity index (χ3v) is 2.44. The Labute approximate surface area is 81.9 Å². The van der Waals surface area contributed by atoms with Crippen LogP contribution in [0.2, 0.25) is 0 Å². The Balaban J connectivity index is 2.16. The van der Waals surface area contributed by atoms with Crippen molar-refractivity contribution in [3.63, 3.8) is 0 Å². The number of anilines is 1. The first-order chi connectivity index (χ1) is 6.70. The Morgan fingerprint density at radius 1 is 1.71 bits per heavy atom. The molecule has 1 N–H and O–H groups in total. The number of hydrogen-bond acceptors (Lipinski definition) is 3. The molecule has 5 heteroatoms. The summed E-state index contributed by atoms with van der Waals surface area (Å²) in [4.78, 5) is 13.1. The standard InChI is InChI=1S/C9H13N3O2/c1-11-3-2-8(10-11)12-5-7(6-13)4-9(12)14/h2-3,7,13H,4-6H2,1H3. The molecule has 1 aliphatic heterocycles. The van der Waals surface area contributed by atoms with E-state index in [-0.39, 0.29) is 18.4 Å². The largest absolute Gasteiger partial charge is 0.396 e. The van der Waals surface area contributed by atoms with E-state index >= 15 is 0 Å². The third-order valence-electron chi connectivity index (χ3n) is 2.44. The molecule has 0 radical (unpaired) electrons. The van der Waals surface area contributed by atoms with Crippen LogP contribution in [0.15, 0.2) is 12.3 Å². The number of aryl methyl sites for hydroxylation is 1. The van der Waals surface area contributed by atoms with E-state index in [1.54, 1.807) is 21.8 Å². The van der Waals surface area contributed by atoms with Gasteiger partial charge in [-0.05, 0) is 0 Å². The summed E-state index contributed by atoms with van der Waals surface area (Å²) in [5.74, 6) is 0.778. The van der Waals surface area contributed by atoms with Crippen molar-refractivity contribution in [2.45, 2.75) is 6.42 Å². The summed E-state index contributed by atoms with van der Waals surface area (Å²) >= 11 is 0. The van der Waals surface area contributed by atoms with Crippen LogP contribution in [-0.4, -0.2) is 33.9 Å². The first-order valence-corrected chi connectivity index (χ1v) is 4.61. The first-order valence-electron chi connectivity index (χ1n) is 4.61. The second-order valence-electron chi connectivity index (χ2n) is 3.60. The molecule has 1 aliphatic rings. The second-order valence-corrected chi connectivity index (χ2v) is 3.60. The van der Waals surface area contributed by atoms with Crippen LogP contribution in [0, 0.1) is 5.92 Å². The van der Waals surface area contributed by atoms with Gasteiger partial charge in [0, 0.05) is 44.8 Å². The fourth-order valence-corrected chi connectivity index (χ4v) is 1.67. The van der Waals surface area contributed by atoms with Gasteiger partial charge in [-0.15, -0.1) is 0 Å². The van der Waals surface area contributed by atoms with Crippen molar-refractivity contribution in [2.24, 2.45) is 13.0 Å². The number of rotatable bonds is 2. The molecule has 1 amide bonds. The lowest BCUT2D eigenvalue weighted by atomic mass is 10.1. The summed E-state index contributed by atoms with van der Waals surface area (Å²) < 4.78 is 1.66. The molecule has 0 aliphatic carbocycles. The molecule has 2 heterocycles. The maximum atomic E-state index is 11.5. The van der Waals surface area contributed by atoms with Gasteiger partial charge in [-0.25, -0.2) is 0 Å². The Hall–Kier alpha value is -1.36. The van der Waals surface area contributed by atoms with Crippen molar-refractivity contribution in [1.82, 2.24) is 9.78 Å². The summed E-state index contributed by atoms with van der Waals surface area (Å²) in [5, 5.41) is 13.1.